The quantitative estimate of drug-likeness (QED) is 0.694. The van der Waals surface area contributed by atoms with Crippen LogP contribution in [0.15, 0.2) is 0 Å². The molecule has 2 fully saturated rings. The van der Waals surface area contributed by atoms with E-state index in [4.69, 9.17) is 10.5 Å². The maximum absolute atomic E-state index is 11.7. The van der Waals surface area contributed by atoms with Crippen LogP contribution in [0.25, 0.3) is 0 Å². The van der Waals surface area contributed by atoms with Crippen molar-refractivity contribution in [3.05, 3.63) is 0 Å². The molecule has 0 radical (unpaired) electrons. The zero-order chi connectivity index (χ0) is 14.6. The normalized spacial score (nSPS) is 26.4. The molecule has 0 aromatic carbocycles. The average Bonchev–Trinajstić information content (AvgIpc) is 3.21. The van der Waals surface area contributed by atoms with E-state index in [2.05, 4.69) is 17.3 Å². The minimum absolute atomic E-state index is 0.244. The molecule has 0 spiro atoms. The summed E-state index contributed by atoms with van der Waals surface area (Å²) in [6.45, 7) is 4.62. The van der Waals surface area contributed by atoms with Crippen LogP contribution < -0.4 is 11.1 Å². The average molecular weight is 283 g/mol. The van der Waals surface area contributed by atoms with Gasteiger partial charge >= 0.3 is 0 Å². The van der Waals surface area contributed by atoms with Crippen LogP contribution in [0.5, 0.6) is 0 Å². The van der Waals surface area contributed by atoms with E-state index in [9.17, 15) is 4.79 Å². The fourth-order valence-corrected chi connectivity index (χ4v) is 2.75. The number of nitrogens with two attached hydrogens (primary N) is 1. The molecule has 3 N–H and O–H groups in total. The van der Waals surface area contributed by atoms with Crippen molar-refractivity contribution in [3.63, 3.8) is 0 Å². The highest BCUT2D eigenvalue weighted by Crippen LogP contribution is 2.24. The van der Waals surface area contributed by atoms with Crippen LogP contribution >= 0.6 is 0 Å². The monoisotopic (exact) mass is 283 g/mol. The molecule has 1 aliphatic heterocycles. The molecule has 1 amide bonds. The molecular formula is C15H29N3O2. The summed E-state index contributed by atoms with van der Waals surface area (Å²) < 4.78 is 5.75. The lowest BCUT2D eigenvalue weighted by atomic mass is 9.96. The van der Waals surface area contributed by atoms with Crippen LogP contribution in [0.4, 0.5) is 0 Å². The zero-order valence-corrected chi connectivity index (χ0v) is 12.9. The number of primary amides is 1. The molecule has 0 aromatic rings. The first-order chi connectivity index (χ1) is 9.49. The molecule has 0 aromatic heterocycles. The summed E-state index contributed by atoms with van der Waals surface area (Å²) in [4.78, 5) is 14.0. The number of likely N-dealkylation sites (N-methyl/N-ethyl adjacent to an activating group) is 1. The van der Waals surface area contributed by atoms with Crippen molar-refractivity contribution < 1.29 is 9.53 Å². The minimum Gasteiger partial charge on any atom is -0.377 e. The predicted molar refractivity (Wildman–Crippen MR) is 79.5 cm³/mol. The van der Waals surface area contributed by atoms with Gasteiger partial charge in [-0.1, -0.05) is 0 Å². The van der Waals surface area contributed by atoms with Crippen LogP contribution in [0, 0.1) is 0 Å². The van der Waals surface area contributed by atoms with E-state index in [0.29, 0.717) is 12.1 Å². The van der Waals surface area contributed by atoms with Crippen LogP contribution in [-0.4, -0.2) is 55.2 Å². The number of ether oxygens (including phenoxy) is 1. The van der Waals surface area contributed by atoms with Crippen molar-refractivity contribution in [2.24, 2.45) is 5.73 Å². The van der Waals surface area contributed by atoms with Crippen LogP contribution in [-0.2, 0) is 9.53 Å². The van der Waals surface area contributed by atoms with E-state index in [1.165, 1.54) is 12.8 Å². The fraction of sp³-hybridized carbons (Fsp3) is 0.933. The minimum atomic E-state index is -0.581. The highest BCUT2D eigenvalue weighted by atomic mass is 16.5. The Bertz CT molecular complexity index is 327. The molecule has 2 unspecified atom stereocenters. The van der Waals surface area contributed by atoms with Gasteiger partial charge in [0.25, 0.3) is 0 Å². The molecule has 5 nitrogen and oxygen atoms in total. The molecule has 1 aliphatic carbocycles. The smallest absolute Gasteiger partial charge is 0.237 e. The first-order valence-corrected chi connectivity index (χ1v) is 7.87. The van der Waals surface area contributed by atoms with E-state index in [0.717, 1.165) is 45.4 Å². The summed E-state index contributed by atoms with van der Waals surface area (Å²) in [5.74, 6) is -0.244. The molecule has 1 saturated carbocycles. The highest BCUT2D eigenvalue weighted by Gasteiger charge is 2.36. The van der Waals surface area contributed by atoms with Gasteiger partial charge in [0, 0.05) is 25.7 Å². The van der Waals surface area contributed by atoms with Gasteiger partial charge < -0.3 is 20.7 Å². The molecule has 1 heterocycles. The third kappa shape index (κ3) is 4.72. The summed E-state index contributed by atoms with van der Waals surface area (Å²) in [5, 5.41) is 3.39. The highest BCUT2D eigenvalue weighted by molar-refractivity contribution is 5.84. The maximum Gasteiger partial charge on any atom is 0.237 e. The topological polar surface area (TPSA) is 67.6 Å². The second kappa shape index (κ2) is 6.87. The first kappa shape index (κ1) is 15.7. The van der Waals surface area contributed by atoms with Crippen molar-refractivity contribution in [3.8, 4) is 0 Å². The number of hydrogen-bond acceptors (Lipinski definition) is 4. The van der Waals surface area contributed by atoms with Crippen LogP contribution in [0.2, 0.25) is 0 Å². The molecule has 116 valence electrons. The molecule has 2 aliphatic rings. The molecule has 5 heteroatoms. The van der Waals surface area contributed by atoms with Gasteiger partial charge in [-0.15, -0.1) is 0 Å². The molecule has 20 heavy (non-hydrogen) atoms. The van der Waals surface area contributed by atoms with Crippen molar-refractivity contribution >= 4 is 5.91 Å². The number of nitrogens with one attached hydrogen (secondary N) is 1. The van der Waals surface area contributed by atoms with Gasteiger partial charge in [0.1, 0.15) is 0 Å². The summed E-state index contributed by atoms with van der Waals surface area (Å²) in [7, 11) is 2.09. The third-order valence-corrected chi connectivity index (χ3v) is 4.43. The molecule has 2 rings (SSSR count). The largest absolute Gasteiger partial charge is 0.377 e. The number of carbonyl (C=O) groups is 1. The summed E-state index contributed by atoms with van der Waals surface area (Å²) >= 11 is 0. The van der Waals surface area contributed by atoms with Gasteiger partial charge in [-0.05, 0) is 52.5 Å². The number of nitrogens with zero attached hydrogens (tertiary/aromatic N) is 1. The van der Waals surface area contributed by atoms with E-state index in [1.54, 1.807) is 0 Å². The summed E-state index contributed by atoms with van der Waals surface area (Å²) in [6, 6.07) is 0.486. The number of rotatable bonds is 8. The van der Waals surface area contributed by atoms with Crippen LogP contribution in [0.3, 0.4) is 0 Å². The first-order valence-electron chi connectivity index (χ1n) is 7.87. The van der Waals surface area contributed by atoms with Gasteiger partial charge in [-0.2, -0.15) is 0 Å². The van der Waals surface area contributed by atoms with Crippen molar-refractivity contribution in [1.82, 2.24) is 10.2 Å². The lowest BCUT2D eigenvalue weighted by Crippen LogP contribution is -2.55. The third-order valence-electron chi connectivity index (χ3n) is 4.43. The molecule has 0 bridgehead atoms. The number of amides is 1. The molecule has 2 atom stereocenters. The van der Waals surface area contributed by atoms with Gasteiger partial charge in [-0.3, -0.25) is 4.79 Å². The maximum atomic E-state index is 11.7. The van der Waals surface area contributed by atoms with Gasteiger partial charge in [0.2, 0.25) is 5.91 Å². The Morgan fingerprint density at radius 2 is 2.15 bits per heavy atom. The van der Waals surface area contributed by atoms with Crippen molar-refractivity contribution in [2.45, 2.75) is 63.1 Å². The van der Waals surface area contributed by atoms with Crippen molar-refractivity contribution in [1.29, 1.82) is 0 Å². The fourth-order valence-electron chi connectivity index (χ4n) is 2.75. The Balaban J connectivity index is 1.74. The zero-order valence-electron chi connectivity index (χ0n) is 12.9. The van der Waals surface area contributed by atoms with E-state index in [1.807, 2.05) is 6.92 Å². The standard InChI is InChI=1S/C15H29N3O2/c1-15(14(16)19,17-12-6-7-12)8-9-18(2)11-13-5-3-4-10-20-13/h12-13,17H,3-11H2,1-2H3,(H2,16,19). The van der Waals surface area contributed by atoms with Gasteiger partial charge in [0.05, 0.1) is 11.6 Å². The van der Waals surface area contributed by atoms with Crippen molar-refractivity contribution in [2.75, 3.05) is 26.7 Å². The Labute approximate surface area is 122 Å². The van der Waals surface area contributed by atoms with E-state index in [-0.39, 0.29) is 5.91 Å². The summed E-state index contributed by atoms with van der Waals surface area (Å²) in [6.07, 6.45) is 7.03. The number of carbonyl (C=O) groups excluding carboxylic acids is 1. The van der Waals surface area contributed by atoms with Crippen LogP contribution in [0.1, 0.15) is 45.4 Å². The second-order valence-electron chi connectivity index (χ2n) is 6.62. The van der Waals surface area contributed by atoms with Gasteiger partial charge in [0.15, 0.2) is 0 Å². The Kier molecular flexibility index (Phi) is 5.41. The Morgan fingerprint density at radius 1 is 1.40 bits per heavy atom. The molecule has 1 saturated heterocycles. The SMILES string of the molecule is CN(CCC(C)(NC1CC1)C(N)=O)CC1CCCCO1. The predicted octanol–water partition coefficient (Wildman–Crippen LogP) is 0.873. The summed E-state index contributed by atoms with van der Waals surface area (Å²) in [5.41, 5.74) is 4.99. The second-order valence-corrected chi connectivity index (χ2v) is 6.62. The van der Waals surface area contributed by atoms with E-state index < -0.39 is 5.54 Å². The van der Waals surface area contributed by atoms with E-state index >= 15 is 0 Å². The number of hydrogen-bond donors (Lipinski definition) is 2. The Morgan fingerprint density at radius 3 is 2.70 bits per heavy atom. The Hall–Kier alpha value is -0.650. The molecular weight excluding hydrogens is 254 g/mol. The van der Waals surface area contributed by atoms with Gasteiger partial charge in [-0.25, -0.2) is 0 Å². The lowest BCUT2D eigenvalue weighted by molar-refractivity contribution is -0.124. The lowest BCUT2D eigenvalue weighted by Gasteiger charge is -2.32.